The Morgan fingerprint density at radius 2 is 1.95 bits per heavy atom. The molecule has 3 N–H and O–H groups in total. The number of rotatable bonds is 8. The Bertz CT molecular complexity index is 503. The van der Waals surface area contributed by atoms with E-state index >= 15 is 0 Å². The molecule has 1 aromatic carbocycles. The number of nitrogens with one attached hydrogen (secondary N) is 2. The van der Waals surface area contributed by atoms with Gasteiger partial charge in [0, 0.05) is 6.04 Å². The van der Waals surface area contributed by atoms with E-state index in [-0.39, 0.29) is 24.4 Å². The first-order valence-electron chi connectivity index (χ1n) is 7.41. The molecule has 0 unspecified atom stereocenters. The Morgan fingerprint density at radius 1 is 1.27 bits per heavy atom. The topological polar surface area (TPSA) is 87.7 Å². The molecule has 0 saturated heterocycles. The van der Waals surface area contributed by atoms with Gasteiger partial charge in [0.05, 0.1) is 24.8 Å². The summed E-state index contributed by atoms with van der Waals surface area (Å²) < 4.78 is 5.38. The first-order chi connectivity index (χ1) is 10.4. The van der Waals surface area contributed by atoms with Crippen molar-refractivity contribution in [3.8, 4) is 5.75 Å². The summed E-state index contributed by atoms with van der Waals surface area (Å²) in [6.07, 6.45) is -0.0182. The minimum Gasteiger partial charge on any atom is -0.493 e. The van der Waals surface area contributed by atoms with Gasteiger partial charge in [-0.05, 0) is 39.3 Å². The maximum Gasteiger partial charge on any atom is 0.255 e. The normalized spacial score (nSPS) is 13.1. The molecule has 6 heteroatoms. The minimum atomic E-state index is -0.483. The summed E-state index contributed by atoms with van der Waals surface area (Å²) >= 11 is 0. The Hall–Kier alpha value is -2.08. The molecule has 0 aliphatic heterocycles. The van der Waals surface area contributed by atoms with E-state index in [1.807, 2.05) is 6.92 Å². The number of benzene rings is 1. The number of para-hydroxylation sites is 1. The molecule has 2 amide bonds. The zero-order valence-electron chi connectivity index (χ0n) is 13.3. The Morgan fingerprint density at radius 3 is 2.59 bits per heavy atom. The third-order valence-corrected chi connectivity index (χ3v) is 2.94. The Kier molecular flexibility index (Phi) is 7.39. The van der Waals surface area contributed by atoms with Crippen LogP contribution in [0.5, 0.6) is 5.75 Å². The van der Waals surface area contributed by atoms with Crippen LogP contribution in [0, 0.1) is 0 Å². The summed E-state index contributed by atoms with van der Waals surface area (Å²) in [5.74, 6) is -0.164. The molecule has 1 aromatic rings. The van der Waals surface area contributed by atoms with E-state index in [1.54, 1.807) is 38.1 Å². The van der Waals surface area contributed by atoms with Crippen LogP contribution in [0.1, 0.15) is 37.6 Å². The summed E-state index contributed by atoms with van der Waals surface area (Å²) in [5, 5.41) is 14.5. The van der Waals surface area contributed by atoms with Gasteiger partial charge in [0.2, 0.25) is 5.91 Å². The number of ether oxygens (including phenoxy) is 1. The number of hydrogen-bond donors (Lipinski definition) is 3. The van der Waals surface area contributed by atoms with Gasteiger partial charge in [-0.15, -0.1) is 0 Å². The van der Waals surface area contributed by atoms with E-state index in [0.717, 1.165) is 0 Å². The minimum absolute atomic E-state index is 0.122. The molecule has 0 fully saturated rings. The molecule has 0 aliphatic rings. The van der Waals surface area contributed by atoms with Crippen molar-refractivity contribution in [2.24, 2.45) is 0 Å². The molecule has 22 heavy (non-hydrogen) atoms. The van der Waals surface area contributed by atoms with Crippen molar-refractivity contribution in [2.75, 3.05) is 13.2 Å². The quantitative estimate of drug-likeness (QED) is 0.671. The predicted octanol–water partition coefficient (Wildman–Crippen LogP) is 1.09. The summed E-state index contributed by atoms with van der Waals surface area (Å²) in [7, 11) is 0. The number of hydrogen-bond acceptors (Lipinski definition) is 4. The molecule has 0 radical (unpaired) electrons. The van der Waals surface area contributed by atoms with Gasteiger partial charge in [-0.25, -0.2) is 0 Å². The fourth-order valence-corrected chi connectivity index (χ4v) is 2.09. The van der Waals surface area contributed by atoms with Crippen LogP contribution in [0.3, 0.4) is 0 Å². The van der Waals surface area contributed by atoms with Crippen LogP contribution in [0.25, 0.3) is 0 Å². The summed E-state index contributed by atoms with van der Waals surface area (Å²) in [6.45, 7) is 5.64. The van der Waals surface area contributed by atoms with E-state index in [4.69, 9.17) is 4.74 Å². The second kappa shape index (κ2) is 9.04. The van der Waals surface area contributed by atoms with Crippen molar-refractivity contribution in [3.05, 3.63) is 29.8 Å². The second-order valence-electron chi connectivity index (χ2n) is 5.17. The molecule has 6 nitrogen and oxygen atoms in total. The maximum absolute atomic E-state index is 12.1. The molecule has 1 rings (SSSR count). The van der Waals surface area contributed by atoms with Crippen LogP contribution in [0.2, 0.25) is 0 Å². The summed E-state index contributed by atoms with van der Waals surface area (Å²) in [6, 6.07) is 6.73. The van der Waals surface area contributed by atoms with Crippen LogP contribution in [0.4, 0.5) is 0 Å². The smallest absolute Gasteiger partial charge is 0.255 e. The van der Waals surface area contributed by atoms with E-state index in [9.17, 15) is 14.7 Å². The molecular weight excluding hydrogens is 284 g/mol. The van der Waals surface area contributed by atoms with E-state index in [2.05, 4.69) is 10.6 Å². The molecular formula is C16H24N2O4. The van der Waals surface area contributed by atoms with Crippen molar-refractivity contribution in [2.45, 2.75) is 39.3 Å². The van der Waals surface area contributed by atoms with Gasteiger partial charge in [0.1, 0.15) is 5.75 Å². The van der Waals surface area contributed by atoms with E-state index < -0.39 is 6.10 Å². The van der Waals surface area contributed by atoms with Gasteiger partial charge in [0.25, 0.3) is 5.91 Å². The molecule has 122 valence electrons. The number of aliphatic hydroxyl groups is 1. The lowest BCUT2D eigenvalue weighted by Crippen LogP contribution is -2.41. The number of carbonyl (C=O) groups excluding carboxylic acids is 2. The lowest BCUT2D eigenvalue weighted by molar-refractivity contribution is -0.120. The van der Waals surface area contributed by atoms with Gasteiger partial charge < -0.3 is 20.5 Å². The van der Waals surface area contributed by atoms with Crippen LogP contribution in [-0.4, -0.2) is 42.2 Å². The molecule has 2 atom stereocenters. The monoisotopic (exact) mass is 308 g/mol. The van der Waals surface area contributed by atoms with Crippen molar-refractivity contribution >= 4 is 11.8 Å². The summed E-state index contributed by atoms with van der Waals surface area (Å²) in [4.78, 5) is 23.8. The lowest BCUT2D eigenvalue weighted by atomic mass is 10.1. The van der Waals surface area contributed by atoms with Crippen molar-refractivity contribution in [1.29, 1.82) is 0 Å². The Labute approximate surface area is 130 Å². The third-order valence-electron chi connectivity index (χ3n) is 2.94. The standard InChI is InChI=1S/C16H24N2O4/c1-4-22-14-8-6-5-7-13(14)16(21)17-10-15(20)18-11(2)9-12(3)19/h5-8,11-12,19H,4,9-10H2,1-3H3,(H,17,21)(H,18,20)/t11-,12-/m1/s1. The molecule has 0 saturated carbocycles. The number of carbonyl (C=O) groups is 2. The van der Waals surface area contributed by atoms with Gasteiger partial charge in [-0.3, -0.25) is 9.59 Å². The predicted molar refractivity (Wildman–Crippen MR) is 83.8 cm³/mol. The highest BCUT2D eigenvalue weighted by atomic mass is 16.5. The van der Waals surface area contributed by atoms with Gasteiger partial charge in [-0.2, -0.15) is 0 Å². The zero-order chi connectivity index (χ0) is 16.5. The highest BCUT2D eigenvalue weighted by Crippen LogP contribution is 2.17. The van der Waals surface area contributed by atoms with Crippen LogP contribution in [-0.2, 0) is 4.79 Å². The fourth-order valence-electron chi connectivity index (χ4n) is 2.09. The second-order valence-corrected chi connectivity index (χ2v) is 5.17. The van der Waals surface area contributed by atoms with Gasteiger partial charge in [-0.1, -0.05) is 12.1 Å². The van der Waals surface area contributed by atoms with Crippen LogP contribution in [0.15, 0.2) is 24.3 Å². The lowest BCUT2D eigenvalue weighted by Gasteiger charge is -2.16. The van der Waals surface area contributed by atoms with Crippen molar-refractivity contribution in [3.63, 3.8) is 0 Å². The summed E-state index contributed by atoms with van der Waals surface area (Å²) in [5.41, 5.74) is 0.397. The third kappa shape index (κ3) is 6.13. The number of aliphatic hydroxyl groups excluding tert-OH is 1. The Balaban J connectivity index is 2.51. The molecule has 0 bridgehead atoms. The highest BCUT2D eigenvalue weighted by Gasteiger charge is 2.14. The largest absolute Gasteiger partial charge is 0.493 e. The molecule has 0 aromatic heterocycles. The zero-order valence-corrected chi connectivity index (χ0v) is 13.3. The molecule has 0 aliphatic carbocycles. The highest BCUT2D eigenvalue weighted by molar-refractivity contribution is 5.98. The van der Waals surface area contributed by atoms with Crippen LogP contribution >= 0.6 is 0 Å². The first kappa shape index (κ1) is 18.0. The molecule has 0 spiro atoms. The van der Waals surface area contributed by atoms with Gasteiger partial charge >= 0.3 is 0 Å². The van der Waals surface area contributed by atoms with E-state index in [1.165, 1.54) is 0 Å². The number of amides is 2. The van der Waals surface area contributed by atoms with Crippen LogP contribution < -0.4 is 15.4 Å². The maximum atomic E-state index is 12.1. The van der Waals surface area contributed by atoms with Crippen molar-refractivity contribution < 1.29 is 19.4 Å². The van der Waals surface area contributed by atoms with Gasteiger partial charge in [0.15, 0.2) is 0 Å². The molecule has 0 heterocycles. The SMILES string of the molecule is CCOc1ccccc1C(=O)NCC(=O)N[C@H](C)C[C@@H](C)O. The fraction of sp³-hybridized carbons (Fsp3) is 0.500. The average Bonchev–Trinajstić information content (AvgIpc) is 2.44. The first-order valence-corrected chi connectivity index (χ1v) is 7.41. The van der Waals surface area contributed by atoms with E-state index in [0.29, 0.717) is 24.3 Å². The average molecular weight is 308 g/mol. The van der Waals surface area contributed by atoms with Crippen molar-refractivity contribution in [1.82, 2.24) is 10.6 Å².